The highest BCUT2D eigenvalue weighted by Gasteiger charge is 2.46. The van der Waals surface area contributed by atoms with Crippen molar-refractivity contribution in [2.45, 2.75) is 45.6 Å². The Balaban J connectivity index is 2.02. The fourth-order valence-electron chi connectivity index (χ4n) is 1.95. The number of aliphatic carboxylic acids is 1. The molecule has 1 aliphatic rings. The molecule has 7 heteroatoms. The van der Waals surface area contributed by atoms with Gasteiger partial charge in [0.1, 0.15) is 5.60 Å². The van der Waals surface area contributed by atoms with Gasteiger partial charge >= 0.3 is 12.1 Å². The minimum absolute atomic E-state index is 0.0270. The number of anilines is 1. The number of nitrogens with one attached hydrogen (secondary N) is 1. The van der Waals surface area contributed by atoms with Crippen LogP contribution in [0, 0.1) is 12.8 Å². The van der Waals surface area contributed by atoms with Crippen LogP contribution >= 0.6 is 11.3 Å². The summed E-state index contributed by atoms with van der Waals surface area (Å²) >= 11 is 1.32. The van der Waals surface area contributed by atoms with Gasteiger partial charge in [0.2, 0.25) is 0 Å². The van der Waals surface area contributed by atoms with Crippen molar-refractivity contribution in [3.05, 3.63) is 10.6 Å². The molecule has 0 spiro atoms. The maximum Gasteiger partial charge on any atom is 0.413 e. The van der Waals surface area contributed by atoms with Crippen LogP contribution in [-0.4, -0.2) is 27.8 Å². The van der Waals surface area contributed by atoms with E-state index in [0.29, 0.717) is 11.6 Å². The molecule has 1 aromatic heterocycles. The predicted octanol–water partition coefficient (Wildman–Crippen LogP) is 2.99. The van der Waals surface area contributed by atoms with Crippen molar-refractivity contribution < 1.29 is 19.4 Å². The van der Waals surface area contributed by atoms with E-state index in [1.807, 2.05) is 6.92 Å². The molecular formula is C13H18N2O4S. The number of aryl methyl sites for hydroxylation is 1. The number of thiazole rings is 1. The third-order valence-corrected chi connectivity index (χ3v) is 4.09. The highest BCUT2D eigenvalue weighted by atomic mass is 32.1. The topological polar surface area (TPSA) is 88.5 Å². The molecule has 20 heavy (non-hydrogen) atoms. The zero-order valence-corrected chi connectivity index (χ0v) is 12.7. The van der Waals surface area contributed by atoms with Crippen molar-refractivity contribution in [2.75, 3.05) is 5.32 Å². The number of aromatic nitrogens is 1. The van der Waals surface area contributed by atoms with Gasteiger partial charge in [-0.05, 0) is 34.1 Å². The Hall–Kier alpha value is -1.63. The molecule has 1 aliphatic carbocycles. The SMILES string of the molecule is Cc1nc(NC(=O)OC(C)(C)C)sc1[C@@H]1C[C@H]1C(=O)O. The molecule has 1 aromatic rings. The lowest BCUT2D eigenvalue weighted by Gasteiger charge is -2.18. The van der Waals surface area contributed by atoms with E-state index in [1.54, 1.807) is 20.8 Å². The molecule has 0 radical (unpaired) electrons. The smallest absolute Gasteiger partial charge is 0.413 e. The molecule has 0 saturated heterocycles. The van der Waals surface area contributed by atoms with Gasteiger partial charge in [0.05, 0.1) is 11.6 Å². The molecule has 1 fully saturated rings. The summed E-state index contributed by atoms with van der Waals surface area (Å²) in [5, 5.41) is 12.0. The molecule has 2 rings (SSSR count). The van der Waals surface area contributed by atoms with E-state index in [4.69, 9.17) is 9.84 Å². The van der Waals surface area contributed by atoms with Crippen molar-refractivity contribution in [3.8, 4) is 0 Å². The highest BCUT2D eigenvalue weighted by molar-refractivity contribution is 7.16. The van der Waals surface area contributed by atoms with Gasteiger partial charge in [0.15, 0.2) is 5.13 Å². The summed E-state index contributed by atoms with van der Waals surface area (Å²) < 4.78 is 5.15. The van der Waals surface area contributed by atoms with Gasteiger partial charge in [-0.2, -0.15) is 0 Å². The maximum atomic E-state index is 11.6. The van der Waals surface area contributed by atoms with Gasteiger partial charge in [-0.1, -0.05) is 0 Å². The van der Waals surface area contributed by atoms with Crippen molar-refractivity contribution >= 4 is 28.5 Å². The summed E-state index contributed by atoms with van der Waals surface area (Å²) in [7, 11) is 0. The number of hydrogen-bond donors (Lipinski definition) is 2. The molecule has 2 atom stereocenters. The summed E-state index contributed by atoms with van der Waals surface area (Å²) in [4.78, 5) is 27.7. The van der Waals surface area contributed by atoms with Gasteiger partial charge in [-0.25, -0.2) is 9.78 Å². The number of carbonyl (C=O) groups is 2. The number of amides is 1. The Bertz CT molecular complexity index is 547. The highest BCUT2D eigenvalue weighted by Crippen LogP contribution is 2.51. The second-order valence-electron chi connectivity index (χ2n) is 5.88. The predicted molar refractivity (Wildman–Crippen MR) is 75.2 cm³/mol. The minimum atomic E-state index is -0.774. The van der Waals surface area contributed by atoms with Crippen LogP contribution in [0.5, 0.6) is 0 Å². The van der Waals surface area contributed by atoms with Crippen LogP contribution in [0.25, 0.3) is 0 Å². The van der Waals surface area contributed by atoms with Gasteiger partial charge in [-0.15, -0.1) is 11.3 Å². The van der Waals surface area contributed by atoms with E-state index in [-0.39, 0.29) is 11.8 Å². The van der Waals surface area contributed by atoms with E-state index in [9.17, 15) is 9.59 Å². The maximum absolute atomic E-state index is 11.6. The first kappa shape index (κ1) is 14.8. The molecule has 6 nitrogen and oxygen atoms in total. The number of nitrogens with zero attached hydrogens (tertiary/aromatic N) is 1. The fourth-order valence-corrected chi connectivity index (χ4v) is 3.08. The van der Waals surface area contributed by atoms with Gasteiger partial charge in [0, 0.05) is 10.8 Å². The second kappa shape index (κ2) is 5.05. The van der Waals surface area contributed by atoms with E-state index in [1.165, 1.54) is 11.3 Å². The molecule has 1 heterocycles. The number of carbonyl (C=O) groups excluding carboxylic acids is 1. The minimum Gasteiger partial charge on any atom is -0.481 e. The number of hydrogen-bond acceptors (Lipinski definition) is 5. The molecule has 2 N–H and O–H groups in total. The van der Waals surface area contributed by atoms with Gasteiger partial charge < -0.3 is 9.84 Å². The van der Waals surface area contributed by atoms with Crippen LogP contribution in [0.1, 0.15) is 43.7 Å². The van der Waals surface area contributed by atoms with E-state index in [0.717, 1.165) is 10.6 Å². The summed E-state index contributed by atoms with van der Waals surface area (Å²) in [5.41, 5.74) is 0.208. The summed E-state index contributed by atoms with van der Waals surface area (Å²) in [6, 6.07) is 0. The second-order valence-corrected chi connectivity index (χ2v) is 6.91. The monoisotopic (exact) mass is 298 g/mol. The first-order chi connectivity index (χ1) is 9.17. The zero-order chi connectivity index (χ0) is 15.1. The lowest BCUT2D eigenvalue weighted by molar-refractivity contribution is -0.138. The largest absolute Gasteiger partial charge is 0.481 e. The van der Waals surface area contributed by atoms with Crippen molar-refractivity contribution in [1.82, 2.24) is 4.98 Å². The zero-order valence-electron chi connectivity index (χ0n) is 11.9. The van der Waals surface area contributed by atoms with E-state index < -0.39 is 17.7 Å². The average Bonchev–Trinajstić information content (AvgIpc) is 2.95. The summed E-state index contributed by atoms with van der Waals surface area (Å²) in [6.07, 6.45) is 0.0907. The standard InChI is InChI=1S/C13H18N2O4S/c1-6-9(7-5-8(7)10(16)17)20-11(14-6)15-12(18)19-13(2,3)4/h7-8H,5H2,1-4H3,(H,16,17)(H,14,15,18)/t7-,8-/m1/s1. The average molecular weight is 298 g/mol. The number of ether oxygens (including phenoxy) is 1. The third kappa shape index (κ3) is 3.47. The molecular weight excluding hydrogens is 280 g/mol. The molecule has 0 aromatic carbocycles. The lowest BCUT2D eigenvalue weighted by Crippen LogP contribution is -2.27. The molecule has 110 valence electrons. The molecule has 0 aliphatic heterocycles. The molecule has 0 unspecified atom stereocenters. The summed E-state index contributed by atoms with van der Waals surface area (Å²) in [5.74, 6) is -1.06. The first-order valence-corrected chi connectivity index (χ1v) is 7.19. The van der Waals surface area contributed by atoms with Gasteiger partial charge in [0.25, 0.3) is 0 Å². The van der Waals surface area contributed by atoms with Crippen LogP contribution in [0.4, 0.5) is 9.93 Å². The number of carboxylic acids is 1. The van der Waals surface area contributed by atoms with Gasteiger partial charge in [-0.3, -0.25) is 10.1 Å². The quantitative estimate of drug-likeness (QED) is 0.895. The molecule has 0 bridgehead atoms. The Morgan fingerprint density at radius 2 is 2.10 bits per heavy atom. The van der Waals surface area contributed by atoms with Crippen LogP contribution in [-0.2, 0) is 9.53 Å². The van der Waals surface area contributed by atoms with E-state index >= 15 is 0 Å². The van der Waals surface area contributed by atoms with Crippen LogP contribution in [0.3, 0.4) is 0 Å². The Kier molecular flexibility index (Phi) is 3.73. The summed E-state index contributed by atoms with van der Waals surface area (Å²) in [6.45, 7) is 7.18. The van der Waals surface area contributed by atoms with Crippen LogP contribution in [0.15, 0.2) is 0 Å². The van der Waals surface area contributed by atoms with Crippen molar-refractivity contribution in [1.29, 1.82) is 0 Å². The lowest BCUT2D eigenvalue weighted by atomic mass is 10.2. The normalized spacial score (nSPS) is 21.4. The molecule has 1 amide bonds. The number of rotatable bonds is 3. The first-order valence-electron chi connectivity index (χ1n) is 6.37. The third-order valence-electron chi connectivity index (χ3n) is 2.88. The fraction of sp³-hybridized carbons (Fsp3) is 0.615. The van der Waals surface area contributed by atoms with Crippen molar-refractivity contribution in [2.24, 2.45) is 5.92 Å². The molecule has 1 saturated carbocycles. The van der Waals surface area contributed by atoms with Crippen molar-refractivity contribution in [3.63, 3.8) is 0 Å². The Morgan fingerprint density at radius 3 is 2.60 bits per heavy atom. The Morgan fingerprint density at radius 1 is 1.45 bits per heavy atom. The Labute approximate surface area is 121 Å². The van der Waals surface area contributed by atoms with Crippen LogP contribution < -0.4 is 5.32 Å². The van der Waals surface area contributed by atoms with E-state index in [2.05, 4.69) is 10.3 Å². The number of carboxylic acid groups (broad SMARTS) is 1. The van der Waals surface area contributed by atoms with Crippen LogP contribution in [0.2, 0.25) is 0 Å².